The van der Waals surface area contributed by atoms with Crippen LogP contribution in [0.15, 0.2) is 40.9 Å². The molecule has 0 aromatic heterocycles. The van der Waals surface area contributed by atoms with Gasteiger partial charge in [0.05, 0.1) is 11.1 Å². The van der Waals surface area contributed by atoms with Gasteiger partial charge < -0.3 is 5.11 Å². The molecular formula is C16H15BrF2O. The standard InChI is InChI=1S/C16H15BrF2O/c1-10-4-2-3-5-12(10)11(9-20)8-13-15(18)7-6-14(17)16(13)19/h2-7,11,20H,8-9H2,1H3. The lowest BCUT2D eigenvalue weighted by molar-refractivity contribution is 0.262. The van der Waals surface area contributed by atoms with E-state index in [9.17, 15) is 13.9 Å². The Morgan fingerprint density at radius 3 is 2.50 bits per heavy atom. The topological polar surface area (TPSA) is 20.2 Å². The van der Waals surface area contributed by atoms with Gasteiger partial charge in [0.25, 0.3) is 0 Å². The summed E-state index contributed by atoms with van der Waals surface area (Å²) < 4.78 is 28.0. The maximum Gasteiger partial charge on any atom is 0.143 e. The Morgan fingerprint density at radius 1 is 1.15 bits per heavy atom. The van der Waals surface area contributed by atoms with Gasteiger partial charge in [0.1, 0.15) is 11.6 Å². The van der Waals surface area contributed by atoms with E-state index in [0.717, 1.165) is 11.1 Å². The molecule has 4 heteroatoms. The van der Waals surface area contributed by atoms with Crippen molar-refractivity contribution in [3.63, 3.8) is 0 Å². The molecule has 106 valence electrons. The lowest BCUT2D eigenvalue weighted by Gasteiger charge is -2.18. The summed E-state index contributed by atoms with van der Waals surface area (Å²) in [5.41, 5.74) is 1.91. The highest BCUT2D eigenvalue weighted by Crippen LogP contribution is 2.28. The average molecular weight is 341 g/mol. The summed E-state index contributed by atoms with van der Waals surface area (Å²) in [6, 6.07) is 10.1. The molecule has 0 bridgehead atoms. The maximum absolute atomic E-state index is 14.0. The number of hydrogen-bond acceptors (Lipinski definition) is 1. The van der Waals surface area contributed by atoms with Crippen LogP contribution >= 0.6 is 15.9 Å². The SMILES string of the molecule is Cc1ccccc1C(CO)Cc1c(F)ccc(Br)c1F. The Hall–Kier alpha value is -1.26. The van der Waals surface area contributed by atoms with Crippen molar-refractivity contribution in [1.82, 2.24) is 0 Å². The predicted molar refractivity (Wildman–Crippen MR) is 78.8 cm³/mol. The van der Waals surface area contributed by atoms with Crippen LogP contribution in [-0.2, 0) is 6.42 Å². The average Bonchev–Trinajstić information content (AvgIpc) is 2.45. The Balaban J connectivity index is 2.37. The van der Waals surface area contributed by atoms with E-state index in [2.05, 4.69) is 15.9 Å². The van der Waals surface area contributed by atoms with Crippen molar-refractivity contribution >= 4 is 15.9 Å². The molecule has 0 radical (unpaired) electrons. The highest BCUT2D eigenvalue weighted by atomic mass is 79.9. The normalized spacial score (nSPS) is 12.4. The van der Waals surface area contributed by atoms with Crippen molar-refractivity contribution in [2.24, 2.45) is 0 Å². The number of halogens is 3. The molecule has 0 aliphatic heterocycles. The Morgan fingerprint density at radius 2 is 1.85 bits per heavy atom. The van der Waals surface area contributed by atoms with Gasteiger partial charge in [-0.25, -0.2) is 8.78 Å². The molecule has 0 fully saturated rings. The van der Waals surface area contributed by atoms with Gasteiger partial charge in [0, 0.05) is 11.5 Å². The Labute approximate surface area is 125 Å². The molecule has 0 saturated carbocycles. The van der Waals surface area contributed by atoms with Crippen molar-refractivity contribution in [3.8, 4) is 0 Å². The molecule has 0 aliphatic rings. The van der Waals surface area contributed by atoms with E-state index < -0.39 is 11.6 Å². The van der Waals surface area contributed by atoms with Crippen molar-refractivity contribution in [3.05, 3.63) is 69.2 Å². The summed E-state index contributed by atoms with van der Waals surface area (Å²) in [4.78, 5) is 0. The Kier molecular flexibility index (Phi) is 4.89. The molecular weight excluding hydrogens is 326 g/mol. The molecule has 1 unspecified atom stereocenters. The summed E-state index contributed by atoms with van der Waals surface area (Å²) in [7, 11) is 0. The first kappa shape index (κ1) is 15.1. The lowest BCUT2D eigenvalue weighted by atomic mass is 9.89. The Bertz CT molecular complexity index is 613. The monoisotopic (exact) mass is 340 g/mol. The van der Waals surface area contributed by atoms with Gasteiger partial charge >= 0.3 is 0 Å². The van der Waals surface area contributed by atoms with Crippen LogP contribution in [0.2, 0.25) is 0 Å². The maximum atomic E-state index is 14.0. The second-order valence-electron chi connectivity index (χ2n) is 4.76. The van der Waals surface area contributed by atoms with Crippen LogP contribution < -0.4 is 0 Å². The van der Waals surface area contributed by atoms with Gasteiger partial charge in [-0.05, 0) is 52.5 Å². The van der Waals surface area contributed by atoms with E-state index in [0.29, 0.717) is 0 Å². The minimum Gasteiger partial charge on any atom is -0.396 e. The fraction of sp³-hybridized carbons (Fsp3) is 0.250. The van der Waals surface area contributed by atoms with Gasteiger partial charge in [-0.3, -0.25) is 0 Å². The largest absolute Gasteiger partial charge is 0.396 e. The van der Waals surface area contributed by atoms with Gasteiger partial charge in [-0.1, -0.05) is 24.3 Å². The van der Waals surface area contributed by atoms with Gasteiger partial charge in [-0.15, -0.1) is 0 Å². The summed E-state index contributed by atoms with van der Waals surface area (Å²) in [5.74, 6) is -1.51. The molecule has 1 nitrogen and oxygen atoms in total. The zero-order chi connectivity index (χ0) is 14.7. The van der Waals surface area contributed by atoms with Crippen LogP contribution in [0.3, 0.4) is 0 Å². The highest BCUT2D eigenvalue weighted by Gasteiger charge is 2.19. The minimum atomic E-state index is -0.600. The van der Waals surface area contributed by atoms with E-state index in [1.807, 2.05) is 31.2 Å². The molecule has 20 heavy (non-hydrogen) atoms. The van der Waals surface area contributed by atoms with Crippen LogP contribution in [0.4, 0.5) is 8.78 Å². The van der Waals surface area contributed by atoms with Crippen molar-refractivity contribution < 1.29 is 13.9 Å². The molecule has 1 atom stereocenters. The zero-order valence-corrected chi connectivity index (χ0v) is 12.6. The third-order valence-electron chi connectivity index (χ3n) is 3.44. The van der Waals surface area contributed by atoms with Crippen molar-refractivity contribution in [2.45, 2.75) is 19.3 Å². The van der Waals surface area contributed by atoms with Crippen LogP contribution in [0.5, 0.6) is 0 Å². The second-order valence-corrected chi connectivity index (χ2v) is 5.62. The van der Waals surface area contributed by atoms with E-state index in [1.165, 1.54) is 12.1 Å². The molecule has 2 rings (SSSR count). The van der Waals surface area contributed by atoms with Gasteiger partial charge in [0.15, 0.2) is 0 Å². The van der Waals surface area contributed by atoms with E-state index in [4.69, 9.17) is 0 Å². The molecule has 0 amide bonds. The van der Waals surface area contributed by atoms with E-state index in [-0.39, 0.29) is 29.0 Å². The minimum absolute atomic E-state index is 0.00155. The number of aliphatic hydroxyl groups is 1. The van der Waals surface area contributed by atoms with Crippen LogP contribution in [0, 0.1) is 18.6 Å². The first-order valence-electron chi connectivity index (χ1n) is 6.33. The van der Waals surface area contributed by atoms with Crippen LogP contribution in [0.25, 0.3) is 0 Å². The van der Waals surface area contributed by atoms with Crippen LogP contribution in [0.1, 0.15) is 22.6 Å². The summed E-state index contributed by atoms with van der Waals surface area (Å²) in [5, 5.41) is 9.56. The fourth-order valence-electron chi connectivity index (χ4n) is 2.32. The molecule has 0 heterocycles. The van der Waals surface area contributed by atoms with Gasteiger partial charge in [-0.2, -0.15) is 0 Å². The number of aliphatic hydroxyl groups excluding tert-OH is 1. The first-order chi connectivity index (χ1) is 9.54. The fourth-order valence-corrected chi connectivity index (χ4v) is 2.69. The van der Waals surface area contributed by atoms with Crippen molar-refractivity contribution in [2.75, 3.05) is 6.61 Å². The first-order valence-corrected chi connectivity index (χ1v) is 7.12. The summed E-state index contributed by atoms with van der Waals surface area (Å²) in [6.45, 7) is 1.77. The third kappa shape index (κ3) is 3.07. The number of benzene rings is 2. The molecule has 0 spiro atoms. The molecule has 2 aromatic rings. The molecule has 0 aliphatic carbocycles. The summed E-state index contributed by atoms with van der Waals surface area (Å²) >= 11 is 3.06. The molecule has 2 aromatic carbocycles. The predicted octanol–water partition coefficient (Wildman–Crippen LogP) is 4.35. The van der Waals surface area contributed by atoms with E-state index in [1.54, 1.807) is 0 Å². The van der Waals surface area contributed by atoms with Crippen molar-refractivity contribution in [1.29, 1.82) is 0 Å². The van der Waals surface area contributed by atoms with Crippen LogP contribution in [-0.4, -0.2) is 11.7 Å². The van der Waals surface area contributed by atoms with E-state index >= 15 is 0 Å². The summed E-state index contributed by atoms with van der Waals surface area (Å²) in [6.07, 6.45) is 0.123. The number of aryl methyl sites for hydroxylation is 1. The third-order valence-corrected chi connectivity index (χ3v) is 4.05. The zero-order valence-electron chi connectivity index (χ0n) is 11.0. The lowest BCUT2D eigenvalue weighted by Crippen LogP contribution is -2.12. The highest BCUT2D eigenvalue weighted by molar-refractivity contribution is 9.10. The molecule has 1 N–H and O–H groups in total. The van der Waals surface area contributed by atoms with Gasteiger partial charge in [0.2, 0.25) is 0 Å². The molecule has 0 saturated heterocycles. The smallest absolute Gasteiger partial charge is 0.143 e. The second kappa shape index (κ2) is 6.46. The quantitative estimate of drug-likeness (QED) is 0.820. The number of rotatable bonds is 4. The number of hydrogen-bond donors (Lipinski definition) is 1.